The first-order valence-corrected chi connectivity index (χ1v) is 3.58. The summed E-state index contributed by atoms with van der Waals surface area (Å²) in [6.07, 6.45) is 0.845. The average molecular weight is 133 g/mol. The van der Waals surface area contributed by atoms with Gasteiger partial charge >= 0.3 is 0 Å². The second-order valence-corrected chi connectivity index (χ2v) is 2.99. The molecular weight excluding hydrogens is 129 g/mol. The summed E-state index contributed by atoms with van der Waals surface area (Å²) in [6.45, 7) is 0. The van der Waals surface area contributed by atoms with Gasteiger partial charge < -0.3 is 0 Å². The van der Waals surface area contributed by atoms with Crippen LogP contribution in [0, 0.1) is 0 Å². The SMILES string of the molecule is [B]C(=O)NS(C)(=O)=O. The molecule has 0 aliphatic heterocycles. The molecule has 6 heteroatoms. The fraction of sp³-hybridized carbons (Fsp3) is 0.500. The van der Waals surface area contributed by atoms with Gasteiger partial charge in [0.2, 0.25) is 17.9 Å². The third-order valence-electron chi connectivity index (χ3n) is 0.286. The second kappa shape index (κ2) is 2.17. The third kappa shape index (κ3) is 5.48. The summed E-state index contributed by atoms with van der Waals surface area (Å²) in [4.78, 5) is 9.75. The van der Waals surface area contributed by atoms with Gasteiger partial charge in [-0.1, -0.05) is 0 Å². The predicted octanol–water partition coefficient (Wildman–Crippen LogP) is -1.18. The number of carbonyl (C=O) groups is 1. The first-order valence-electron chi connectivity index (χ1n) is 1.69. The van der Waals surface area contributed by atoms with Crippen LogP contribution in [0.5, 0.6) is 0 Å². The van der Waals surface area contributed by atoms with Crippen LogP contribution < -0.4 is 4.72 Å². The number of nitrogens with one attached hydrogen (secondary N) is 1. The van der Waals surface area contributed by atoms with Crippen molar-refractivity contribution in [3.05, 3.63) is 0 Å². The van der Waals surface area contributed by atoms with Gasteiger partial charge in [-0.15, -0.1) is 0 Å². The molecule has 0 aromatic heterocycles. The molecule has 0 saturated carbocycles. The molecule has 0 aromatic rings. The van der Waals surface area contributed by atoms with Crippen LogP contribution in [-0.4, -0.2) is 28.3 Å². The molecule has 0 unspecified atom stereocenters. The van der Waals surface area contributed by atoms with Crippen molar-refractivity contribution in [3.8, 4) is 0 Å². The number of rotatable bonds is 1. The lowest BCUT2D eigenvalue weighted by atomic mass is 10.2. The zero-order valence-corrected chi connectivity index (χ0v) is 5.03. The lowest BCUT2D eigenvalue weighted by molar-refractivity contribution is 0.264. The molecule has 0 aliphatic carbocycles. The van der Waals surface area contributed by atoms with Crippen LogP contribution in [0.3, 0.4) is 0 Å². The van der Waals surface area contributed by atoms with Crippen molar-refractivity contribution in [2.75, 3.05) is 6.26 Å². The summed E-state index contributed by atoms with van der Waals surface area (Å²) in [5.41, 5.74) is 0. The van der Waals surface area contributed by atoms with Gasteiger partial charge in [0, 0.05) is 0 Å². The Hall–Kier alpha value is -0.515. The number of hydrogen-bond donors (Lipinski definition) is 1. The van der Waals surface area contributed by atoms with Gasteiger partial charge in [0.05, 0.1) is 6.26 Å². The molecule has 0 aromatic carbocycles. The largest absolute Gasteiger partial charge is 0.288 e. The van der Waals surface area contributed by atoms with Crippen LogP contribution >= 0.6 is 0 Å². The highest BCUT2D eigenvalue weighted by molar-refractivity contribution is 7.89. The fourth-order valence-electron chi connectivity index (χ4n) is 0.183. The molecule has 0 bridgehead atoms. The van der Waals surface area contributed by atoms with Crippen molar-refractivity contribution < 1.29 is 13.2 Å². The number of hydrogen-bond acceptors (Lipinski definition) is 3. The summed E-state index contributed by atoms with van der Waals surface area (Å²) >= 11 is 0. The first-order chi connectivity index (χ1) is 3.42. The quantitative estimate of drug-likeness (QED) is 0.458. The number of sulfonamides is 1. The van der Waals surface area contributed by atoms with E-state index in [9.17, 15) is 13.2 Å². The molecule has 0 spiro atoms. The molecule has 4 nitrogen and oxygen atoms in total. The van der Waals surface area contributed by atoms with Gasteiger partial charge in [-0.05, 0) is 0 Å². The maximum atomic E-state index is 10.0. The van der Waals surface area contributed by atoms with E-state index in [2.05, 4.69) is 7.85 Å². The fourth-order valence-corrected chi connectivity index (χ4v) is 0.548. The van der Waals surface area contributed by atoms with E-state index in [1.807, 2.05) is 0 Å². The Balaban J connectivity index is 3.95. The molecule has 1 N–H and O–H groups in total. The van der Waals surface area contributed by atoms with Crippen LogP contribution in [0.4, 0.5) is 4.79 Å². The zero-order valence-electron chi connectivity index (χ0n) is 4.21. The van der Waals surface area contributed by atoms with Crippen LogP contribution in [0.1, 0.15) is 0 Å². The second-order valence-electron chi connectivity index (χ2n) is 1.24. The maximum Gasteiger partial charge on any atom is 0.231 e. The van der Waals surface area contributed by atoms with Crippen molar-refractivity contribution >= 4 is 23.7 Å². The third-order valence-corrected chi connectivity index (χ3v) is 0.858. The van der Waals surface area contributed by atoms with Gasteiger partial charge in [-0.3, -0.25) is 9.52 Å². The Morgan fingerprint density at radius 2 is 2.00 bits per heavy atom. The van der Waals surface area contributed by atoms with Gasteiger partial charge in [-0.25, -0.2) is 8.42 Å². The monoisotopic (exact) mass is 133 g/mol. The summed E-state index contributed by atoms with van der Waals surface area (Å²) in [7, 11) is 1.00. The van der Waals surface area contributed by atoms with Crippen molar-refractivity contribution in [2.24, 2.45) is 0 Å². The van der Waals surface area contributed by atoms with Crippen molar-refractivity contribution in [1.29, 1.82) is 0 Å². The zero-order chi connectivity index (χ0) is 6.78. The Kier molecular flexibility index (Phi) is 2.03. The number of amides is 1. The molecule has 44 valence electrons. The van der Waals surface area contributed by atoms with Crippen molar-refractivity contribution in [1.82, 2.24) is 4.72 Å². The predicted molar refractivity (Wildman–Crippen MR) is 29.1 cm³/mol. The topological polar surface area (TPSA) is 63.2 Å². The maximum absolute atomic E-state index is 10.0. The molecular formula is C2H4BNO3S. The Morgan fingerprint density at radius 3 is 2.00 bits per heavy atom. The standard InChI is InChI=1S/C2H4BNO3S/c1-8(6,7)4-2(3)5/h1H3,(H,4,5). The van der Waals surface area contributed by atoms with E-state index < -0.39 is 15.8 Å². The minimum atomic E-state index is -3.45. The van der Waals surface area contributed by atoms with Crippen LogP contribution in [0.2, 0.25) is 0 Å². The van der Waals surface area contributed by atoms with Crippen molar-refractivity contribution in [3.63, 3.8) is 0 Å². The minimum Gasteiger partial charge on any atom is -0.288 e. The van der Waals surface area contributed by atoms with E-state index in [1.165, 1.54) is 4.72 Å². The summed E-state index contributed by atoms with van der Waals surface area (Å²) in [5.74, 6) is -1.06. The Labute approximate surface area is 48.7 Å². The van der Waals surface area contributed by atoms with Crippen LogP contribution in [0.25, 0.3) is 0 Å². The molecule has 2 radical (unpaired) electrons. The first kappa shape index (κ1) is 7.48. The summed E-state index contributed by atoms with van der Waals surface area (Å²) in [6, 6.07) is 0. The number of carbonyl (C=O) groups excluding carboxylic acids is 1. The van der Waals surface area contributed by atoms with Gasteiger partial charge in [0.25, 0.3) is 0 Å². The molecule has 0 atom stereocenters. The highest BCUT2D eigenvalue weighted by Crippen LogP contribution is 1.70. The molecule has 8 heavy (non-hydrogen) atoms. The molecule has 0 rings (SSSR count). The van der Waals surface area contributed by atoms with Crippen LogP contribution in [0.15, 0.2) is 0 Å². The molecule has 0 aliphatic rings. The smallest absolute Gasteiger partial charge is 0.231 e. The Morgan fingerprint density at radius 1 is 1.62 bits per heavy atom. The van der Waals surface area contributed by atoms with E-state index in [4.69, 9.17) is 0 Å². The molecule has 0 fully saturated rings. The minimum absolute atomic E-state index is 0.845. The van der Waals surface area contributed by atoms with Crippen molar-refractivity contribution in [2.45, 2.75) is 0 Å². The normalized spacial score (nSPS) is 10.6. The average Bonchev–Trinajstić information content (AvgIpc) is 1.21. The summed E-state index contributed by atoms with van der Waals surface area (Å²) in [5, 5.41) is 0. The van der Waals surface area contributed by atoms with E-state index in [0.717, 1.165) is 6.26 Å². The Bertz CT molecular complexity index is 183. The molecule has 0 saturated heterocycles. The highest BCUT2D eigenvalue weighted by Gasteiger charge is 1.99. The van der Waals surface area contributed by atoms with Gasteiger partial charge in [-0.2, -0.15) is 0 Å². The lowest BCUT2D eigenvalue weighted by Gasteiger charge is -1.93. The van der Waals surface area contributed by atoms with E-state index in [0.29, 0.717) is 0 Å². The van der Waals surface area contributed by atoms with Gasteiger partial charge in [0.15, 0.2) is 5.81 Å². The van der Waals surface area contributed by atoms with E-state index in [1.54, 1.807) is 0 Å². The van der Waals surface area contributed by atoms with Gasteiger partial charge in [0.1, 0.15) is 0 Å². The van der Waals surface area contributed by atoms with E-state index >= 15 is 0 Å². The summed E-state index contributed by atoms with van der Waals surface area (Å²) < 4.78 is 21.6. The van der Waals surface area contributed by atoms with Crippen LogP contribution in [-0.2, 0) is 10.0 Å². The highest BCUT2D eigenvalue weighted by atomic mass is 32.2. The molecule has 0 heterocycles. The molecule has 1 amide bonds. The van der Waals surface area contributed by atoms with E-state index in [-0.39, 0.29) is 0 Å². The lowest BCUT2D eigenvalue weighted by Crippen LogP contribution is -2.27.